The number of rotatable bonds is 3. The van der Waals surface area contributed by atoms with Crippen LogP contribution in [0.3, 0.4) is 0 Å². The van der Waals surface area contributed by atoms with E-state index in [1.807, 2.05) is 0 Å². The van der Waals surface area contributed by atoms with Crippen molar-refractivity contribution >= 4 is 15.9 Å². The Balaban J connectivity index is 2.26. The molecule has 2 rings (SSSR count). The van der Waals surface area contributed by atoms with E-state index in [1.165, 1.54) is 46.8 Å². The summed E-state index contributed by atoms with van der Waals surface area (Å²) in [6.07, 6.45) is 5.52. The van der Waals surface area contributed by atoms with Gasteiger partial charge in [-0.05, 0) is 62.3 Å². The van der Waals surface area contributed by atoms with Crippen molar-refractivity contribution in [2.45, 2.75) is 52.5 Å². The third-order valence-corrected chi connectivity index (χ3v) is 5.83. The lowest BCUT2D eigenvalue weighted by Crippen LogP contribution is -2.29. The molecule has 3 atom stereocenters. The van der Waals surface area contributed by atoms with Crippen LogP contribution in [-0.2, 0) is 0 Å². The molecule has 0 radical (unpaired) electrons. The summed E-state index contributed by atoms with van der Waals surface area (Å²) >= 11 is 3.67. The molecule has 3 unspecified atom stereocenters. The molecule has 1 aliphatic carbocycles. The molecule has 0 aromatic heterocycles. The van der Waals surface area contributed by atoms with Crippen molar-refractivity contribution in [1.29, 1.82) is 0 Å². The van der Waals surface area contributed by atoms with Gasteiger partial charge in [-0.1, -0.05) is 47.8 Å². The highest BCUT2D eigenvalue weighted by atomic mass is 79.9. The zero-order valence-electron chi connectivity index (χ0n) is 12.6. The van der Waals surface area contributed by atoms with Crippen LogP contribution >= 0.6 is 15.9 Å². The average molecular weight is 324 g/mol. The van der Waals surface area contributed by atoms with Gasteiger partial charge in [0.25, 0.3) is 0 Å². The zero-order chi connectivity index (χ0) is 14.0. The summed E-state index contributed by atoms with van der Waals surface area (Å²) in [5, 5.41) is 3.57. The van der Waals surface area contributed by atoms with E-state index in [1.54, 1.807) is 0 Å². The summed E-state index contributed by atoms with van der Waals surface area (Å²) in [5.74, 6) is 1.67. The first kappa shape index (κ1) is 15.1. The van der Waals surface area contributed by atoms with Crippen LogP contribution in [-0.4, -0.2) is 7.05 Å². The fourth-order valence-corrected chi connectivity index (χ4v) is 3.85. The molecule has 2 heteroatoms. The summed E-state index contributed by atoms with van der Waals surface area (Å²) in [4.78, 5) is 0. The van der Waals surface area contributed by atoms with Gasteiger partial charge in [-0.15, -0.1) is 0 Å². The Morgan fingerprint density at radius 2 is 1.84 bits per heavy atom. The van der Waals surface area contributed by atoms with Crippen LogP contribution in [0, 0.1) is 25.7 Å². The largest absolute Gasteiger partial charge is 0.313 e. The number of halogens is 1. The van der Waals surface area contributed by atoms with Crippen molar-refractivity contribution in [1.82, 2.24) is 5.32 Å². The van der Waals surface area contributed by atoms with Crippen LogP contribution in [0.4, 0.5) is 0 Å². The van der Waals surface area contributed by atoms with Gasteiger partial charge in [0.05, 0.1) is 0 Å². The number of benzene rings is 1. The molecule has 106 valence electrons. The third kappa shape index (κ3) is 3.41. The molecule has 1 fully saturated rings. The Kier molecular flexibility index (Phi) is 5.08. The molecule has 19 heavy (non-hydrogen) atoms. The van der Waals surface area contributed by atoms with Crippen LogP contribution in [0.15, 0.2) is 16.6 Å². The Labute approximate surface area is 126 Å². The summed E-state index contributed by atoms with van der Waals surface area (Å²) in [7, 11) is 2.11. The van der Waals surface area contributed by atoms with Crippen LogP contribution < -0.4 is 5.32 Å². The molecule has 0 saturated heterocycles. The molecule has 1 saturated carbocycles. The van der Waals surface area contributed by atoms with Gasteiger partial charge in [0, 0.05) is 10.5 Å². The summed E-state index contributed by atoms with van der Waals surface area (Å²) in [6.45, 7) is 6.78. The smallest absolute Gasteiger partial charge is 0.0346 e. The van der Waals surface area contributed by atoms with Crippen LogP contribution in [0.5, 0.6) is 0 Å². The lowest BCUT2D eigenvalue weighted by molar-refractivity contribution is 0.230. The molecule has 0 heterocycles. The molecular weight excluding hydrogens is 298 g/mol. The summed E-state index contributed by atoms with van der Waals surface area (Å²) in [5.41, 5.74) is 4.15. The number of hydrogen-bond acceptors (Lipinski definition) is 1. The van der Waals surface area contributed by atoms with Crippen molar-refractivity contribution < 1.29 is 0 Å². The molecule has 0 aliphatic heterocycles. The van der Waals surface area contributed by atoms with Crippen LogP contribution in [0.25, 0.3) is 0 Å². The lowest BCUT2D eigenvalue weighted by Gasteiger charge is -2.34. The van der Waals surface area contributed by atoms with Crippen LogP contribution in [0.2, 0.25) is 0 Å². The van der Waals surface area contributed by atoms with E-state index in [0.717, 1.165) is 11.8 Å². The highest BCUT2D eigenvalue weighted by molar-refractivity contribution is 9.10. The van der Waals surface area contributed by atoms with Gasteiger partial charge < -0.3 is 5.32 Å². The molecule has 1 aromatic carbocycles. The minimum Gasteiger partial charge on any atom is -0.313 e. The van der Waals surface area contributed by atoms with E-state index in [-0.39, 0.29) is 0 Å². The van der Waals surface area contributed by atoms with Crippen molar-refractivity contribution in [2.24, 2.45) is 11.8 Å². The van der Waals surface area contributed by atoms with E-state index in [0.29, 0.717) is 6.04 Å². The van der Waals surface area contributed by atoms with Gasteiger partial charge in [-0.2, -0.15) is 0 Å². The number of nitrogens with one attached hydrogen (secondary N) is 1. The van der Waals surface area contributed by atoms with E-state index in [2.05, 4.69) is 61.2 Å². The van der Waals surface area contributed by atoms with E-state index in [4.69, 9.17) is 0 Å². The molecule has 1 N–H and O–H groups in total. The van der Waals surface area contributed by atoms with E-state index < -0.39 is 0 Å². The minimum absolute atomic E-state index is 0.508. The second-order valence-electron chi connectivity index (χ2n) is 6.27. The topological polar surface area (TPSA) is 12.0 Å². The van der Waals surface area contributed by atoms with Gasteiger partial charge in [0.1, 0.15) is 0 Å². The maximum atomic E-state index is 3.67. The fraction of sp³-hybridized carbons (Fsp3) is 0.647. The first-order chi connectivity index (χ1) is 9.02. The van der Waals surface area contributed by atoms with Crippen molar-refractivity contribution in [3.8, 4) is 0 Å². The van der Waals surface area contributed by atoms with E-state index >= 15 is 0 Å². The van der Waals surface area contributed by atoms with E-state index in [9.17, 15) is 0 Å². The maximum Gasteiger partial charge on any atom is 0.0346 e. The molecule has 1 aromatic rings. The van der Waals surface area contributed by atoms with Gasteiger partial charge in [0.2, 0.25) is 0 Å². The first-order valence-corrected chi connectivity index (χ1v) is 8.26. The molecule has 1 nitrogen and oxygen atoms in total. The fourth-order valence-electron chi connectivity index (χ4n) is 3.62. The number of aryl methyl sites for hydroxylation is 2. The average Bonchev–Trinajstić information content (AvgIpc) is 2.37. The highest BCUT2D eigenvalue weighted by Gasteiger charge is 2.27. The number of hydrogen-bond donors (Lipinski definition) is 1. The predicted octanol–water partition coefficient (Wildman–Crippen LogP) is 5.15. The molecular formula is C17H26BrN. The summed E-state index contributed by atoms with van der Waals surface area (Å²) < 4.78 is 1.25. The normalized spacial score (nSPS) is 25.3. The summed E-state index contributed by atoms with van der Waals surface area (Å²) in [6, 6.07) is 5.20. The monoisotopic (exact) mass is 323 g/mol. The zero-order valence-corrected chi connectivity index (χ0v) is 14.2. The van der Waals surface area contributed by atoms with Crippen molar-refractivity contribution in [3.63, 3.8) is 0 Å². The molecule has 0 spiro atoms. The lowest BCUT2D eigenvalue weighted by atomic mass is 9.76. The molecule has 0 amide bonds. The minimum atomic E-state index is 0.508. The Morgan fingerprint density at radius 1 is 1.21 bits per heavy atom. The quantitative estimate of drug-likeness (QED) is 0.810. The SMILES string of the molecule is CNC(c1cc(C)c(Br)c(C)c1)C1CCCC(C)C1. The van der Waals surface area contributed by atoms with Gasteiger partial charge in [0.15, 0.2) is 0 Å². The second-order valence-corrected chi connectivity index (χ2v) is 7.06. The predicted molar refractivity (Wildman–Crippen MR) is 86.5 cm³/mol. The first-order valence-electron chi connectivity index (χ1n) is 7.46. The van der Waals surface area contributed by atoms with Crippen molar-refractivity contribution in [2.75, 3.05) is 7.05 Å². The Hall–Kier alpha value is -0.340. The van der Waals surface area contributed by atoms with Gasteiger partial charge in [-0.25, -0.2) is 0 Å². The Bertz CT molecular complexity index is 418. The molecule has 1 aliphatic rings. The standard InChI is InChI=1S/C17H26BrN/c1-11-6-5-7-14(8-11)17(19-4)15-9-12(2)16(18)13(3)10-15/h9-11,14,17,19H,5-8H2,1-4H3. The Morgan fingerprint density at radius 3 is 2.37 bits per heavy atom. The van der Waals surface area contributed by atoms with Gasteiger partial charge >= 0.3 is 0 Å². The highest BCUT2D eigenvalue weighted by Crippen LogP contribution is 2.38. The maximum absolute atomic E-state index is 3.67. The van der Waals surface area contributed by atoms with Crippen molar-refractivity contribution in [3.05, 3.63) is 33.3 Å². The second kappa shape index (κ2) is 6.41. The van der Waals surface area contributed by atoms with Gasteiger partial charge in [-0.3, -0.25) is 0 Å². The third-order valence-electron chi connectivity index (χ3n) is 4.58. The van der Waals surface area contributed by atoms with Crippen LogP contribution in [0.1, 0.15) is 55.3 Å². The molecule has 0 bridgehead atoms.